The van der Waals surface area contributed by atoms with Gasteiger partial charge in [0.15, 0.2) is 0 Å². The van der Waals surface area contributed by atoms with Crippen molar-refractivity contribution in [3.8, 4) is 0 Å². The number of carbonyl (C=O) groups is 1. The van der Waals surface area contributed by atoms with Gasteiger partial charge in [0.1, 0.15) is 6.04 Å². The van der Waals surface area contributed by atoms with Crippen molar-refractivity contribution in [3.63, 3.8) is 0 Å². The minimum absolute atomic E-state index is 0.0808. The van der Waals surface area contributed by atoms with Gasteiger partial charge >= 0.3 is 6.18 Å². The molecule has 2 aromatic rings. The number of fused-ring (bicyclic) bond motifs is 1. The minimum Gasteiger partial charge on any atom is -0.325 e. The molecule has 1 atom stereocenters. The third kappa shape index (κ3) is 4.20. The standard InChI is InChI=1S/C19H19F3N2O3S/c1-2-28(26,27)24-12-14-6-4-3-5-13(14)11-17(24)18(25)23-16-9-7-15(8-10-16)19(20,21)22/h3-10,17H,2,11-12H2,1H3,(H,23,25). The average molecular weight is 412 g/mol. The molecule has 0 aliphatic carbocycles. The lowest BCUT2D eigenvalue weighted by Crippen LogP contribution is -2.51. The number of hydrogen-bond donors (Lipinski definition) is 1. The zero-order valence-corrected chi connectivity index (χ0v) is 15.8. The molecule has 0 saturated carbocycles. The summed E-state index contributed by atoms with van der Waals surface area (Å²) in [6, 6.07) is 10.3. The summed E-state index contributed by atoms with van der Waals surface area (Å²) >= 11 is 0. The Balaban J connectivity index is 1.86. The first-order chi connectivity index (χ1) is 13.1. The third-order valence-corrected chi connectivity index (χ3v) is 6.54. The van der Waals surface area contributed by atoms with Crippen LogP contribution in [-0.2, 0) is 34.0 Å². The molecule has 1 unspecified atom stereocenters. The van der Waals surface area contributed by atoms with Crippen molar-refractivity contribution in [1.29, 1.82) is 0 Å². The highest BCUT2D eigenvalue weighted by Gasteiger charge is 2.38. The van der Waals surface area contributed by atoms with Crippen molar-refractivity contribution in [2.75, 3.05) is 11.1 Å². The summed E-state index contributed by atoms with van der Waals surface area (Å²) < 4.78 is 64.2. The number of benzene rings is 2. The maximum absolute atomic E-state index is 12.8. The monoisotopic (exact) mass is 412 g/mol. The summed E-state index contributed by atoms with van der Waals surface area (Å²) in [7, 11) is -3.65. The molecule has 2 aromatic carbocycles. The zero-order valence-electron chi connectivity index (χ0n) is 15.0. The van der Waals surface area contributed by atoms with Gasteiger partial charge in [-0.05, 0) is 48.7 Å². The summed E-state index contributed by atoms with van der Waals surface area (Å²) in [6.07, 6.45) is -4.27. The van der Waals surface area contributed by atoms with Gasteiger partial charge in [0.25, 0.3) is 0 Å². The van der Waals surface area contributed by atoms with Gasteiger partial charge in [0.2, 0.25) is 15.9 Å². The molecule has 5 nitrogen and oxygen atoms in total. The number of nitrogens with zero attached hydrogens (tertiary/aromatic N) is 1. The fourth-order valence-corrected chi connectivity index (χ4v) is 4.37. The van der Waals surface area contributed by atoms with Crippen LogP contribution in [0.3, 0.4) is 0 Å². The number of nitrogens with one attached hydrogen (secondary N) is 1. The molecule has 1 amide bonds. The van der Waals surface area contributed by atoms with E-state index in [1.807, 2.05) is 18.2 Å². The van der Waals surface area contributed by atoms with Gasteiger partial charge in [-0.2, -0.15) is 17.5 Å². The first-order valence-corrected chi connectivity index (χ1v) is 10.3. The van der Waals surface area contributed by atoms with Crippen molar-refractivity contribution in [2.45, 2.75) is 32.1 Å². The Labute approximate surface area is 161 Å². The van der Waals surface area contributed by atoms with E-state index in [1.165, 1.54) is 6.92 Å². The van der Waals surface area contributed by atoms with E-state index in [1.54, 1.807) is 6.07 Å². The van der Waals surface area contributed by atoms with E-state index < -0.39 is 33.7 Å². The van der Waals surface area contributed by atoms with Crippen molar-refractivity contribution >= 4 is 21.6 Å². The van der Waals surface area contributed by atoms with Gasteiger partial charge < -0.3 is 5.32 Å². The predicted molar refractivity (Wildman–Crippen MR) is 99.0 cm³/mol. The lowest BCUT2D eigenvalue weighted by Gasteiger charge is -2.34. The van der Waals surface area contributed by atoms with E-state index in [9.17, 15) is 26.4 Å². The van der Waals surface area contributed by atoms with Crippen LogP contribution in [0.5, 0.6) is 0 Å². The molecule has 28 heavy (non-hydrogen) atoms. The molecule has 0 saturated heterocycles. The third-order valence-electron chi connectivity index (χ3n) is 4.71. The van der Waals surface area contributed by atoms with Crippen LogP contribution in [-0.4, -0.2) is 30.4 Å². The SMILES string of the molecule is CCS(=O)(=O)N1Cc2ccccc2CC1C(=O)Nc1ccc(C(F)(F)F)cc1. The fraction of sp³-hybridized carbons (Fsp3) is 0.316. The molecular weight excluding hydrogens is 393 g/mol. The van der Waals surface area contributed by atoms with Crippen LogP contribution in [0.2, 0.25) is 0 Å². The van der Waals surface area contributed by atoms with Crippen LogP contribution in [0.4, 0.5) is 18.9 Å². The highest BCUT2D eigenvalue weighted by atomic mass is 32.2. The molecule has 9 heteroatoms. The van der Waals surface area contributed by atoms with Gasteiger partial charge in [0.05, 0.1) is 11.3 Å². The topological polar surface area (TPSA) is 66.5 Å². The Morgan fingerprint density at radius 2 is 1.71 bits per heavy atom. The highest BCUT2D eigenvalue weighted by Crippen LogP contribution is 2.30. The Kier molecular flexibility index (Phi) is 5.49. The van der Waals surface area contributed by atoms with Crippen molar-refractivity contribution in [1.82, 2.24) is 4.31 Å². The molecule has 1 aliphatic rings. The first kappa shape index (κ1) is 20.3. The largest absolute Gasteiger partial charge is 0.416 e. The quantitative estimate of drug-likeness (QED) is 0.837. The minimum atomic E-state index is -4.47. The average Bonchev–Trinajstić information content (AvgIpc) is 2.66. The molecule has 1 aliphatic heterocycles. The number of rotatable bonds is 4. The summed E-state index contributed by atoms with van der Waals surface area (Å²) in [5, 5.41) is 2.53. The van der Waals surface area contributed by atoms with E-state index in [0.29, 0.717) is 0 Å². The summed E-state index contributed by atoms with van der Waals surface area (Å²) in [6.45, 7) is 1.58. The molecule has 1 heterocycles. The maximum Gasteiger partial charge on any atom is 0.416 e. The predicted octanol–water partition coefficient (Wildman–Crippen LogP) is 3.42. The van der Waals surface area contributed by atoms with Crippen LogP contribution in [0.25, 0.3) is 0 Å². The van der Waals surface area contributed by atoms with E-state index in [0.717, 1.165) is 39.7 Å². The summed E-state index contributed by atoms with van der Waals surface area (Å²) in [4.78, 5) is 12.8. The number of anilines is 1. The second-order valence-corrected chi connectivity index (χ2v) is 8.71. The normalized spacial score (nSPS) is 17.8. The fourth-order valence-electron chi connectivity index (χ4n) is 3.15. The molecule has 1 N–H and O–H groups in total. The van der Waals surface area contributed by atoms with Gasteiger partial charge in [-0.1, -0.05) is 24.3 Å². The molecule has 0 aromatic heterocycles. The Morgan fingerprint density at radius 1 is 1.11 bits per heavy atom. The molecular formula is C19H19F3N2O3S. The number of alkyl halides is 3. The van der Waals surface area contributed by atoms with Crippen LogP contribution >= 0.6 is 0 Å². The van der Waals surface area contributed by atoms with Crippen LogP contribution in [0.15, 0.2) is 48.5 Å². The van der Waals surface area contributed by atoms with Gasteiger partial charge in [-0.25, -0.2) is 8.42 Å². The van der Waals surface area contributed by atoms with E-state index in [4.69, 9.17) is 0 Å². The van der Waals surface area contributed by atoms with Crippen molar-refractivity contribution in [3.05, 3.63) is 65.2 Å². The Hall–Kier alpha value is -2.39. The molecule has 0 fully saturated rings. The second kappa shape index (κ2) is 7.56. The molecule has 0 bridgehead atoms. The molecule has 0 spiro atoms. The second-order valence-electron chi connectivity index (χ2n) is 6.50. The number of halogens is 3. The van der Waals surface area contributed by atoms with E-state index in [2.05, 4.69) is 5.32 Å². The van der Waals surface area contributed by atoms with Crippen molar-refractivity contribution < 1.29 is 26.4 Å². The lowest BCUT2D eigenvalue weighted by molar-refractivity contribution is -0.137. The molecule has 0 radical (unpaired) electrons. The lowest BCUT2D eigenvalue weighted by atomic mass is 9.95. The van der Waals surface area contributed by atoms with E-state index >= 15 is 0 Å². The van der Waals surface area contributed by atoms with Gasteiger partial charge in [-0.15, -0.1) is 0 Å². The molecule has 150 valence electrons. The van der Waals surface area contributed by atoms with E-state index in [-0.39, 0.29) is 24.4 Å². The Morgan fingerprint density at radius 3 is 2.29 bits per heavy atom. The number of amides is 1. The smallest absolute Gasteiger partial charge is 0.325 e. The van der Waals surface area contributed by atoms with Crippen LogP contribution < -0.4 is 5.32 Å². The van der Waals surface area contributed by atoms with Gasteiger partial charge in [0, 0.05) is 12.2 Å². The number of carbonyl (C=O) groups excluding carboxylic acids is 1. The van der Waals surface area contributed by atoms with Gasteiger partial charge in [-0.3, -0.25) is 4.79 Å². The molecule has 3 rings (SSSR count). The van der Waals surface area contributed by atoms with Crippen molar-refractivity contribution in [2.24, 2.45) is 0 Å². The summed E-state index contributed by atoms with van der Waals surface area (Å²) in [5.74, 6) is -0.731. The first-order valence-electron chi connectivity index (χ1n) is 8.66. The van der Waals surface area contributed by atoms with Crippen LogP contribution in [0, 0.1) is 0 Å². The number of sulfonamides is 1. The van der Waals surface area contributed by atoms with Crippen LogP contribution in [0.1, 0.15) is 23.6 Å². The summed E-state index contributed by atoms with van der Waals surface area (Å²) in [5.41, 5.74) is 1.05. The maximum atomic E-state index is 12.8. The zero-order chi connectivity index (χ0) is 20.5. The Bertz CT molecular complexity index is 973. The highest BCUT2D eigenvalue weighted by molar-refractivity contribution is 7.89. The number of hydrogen-bond acceptors (Lipinski definition) is 3.